The second-order valence-electron chi connectivity index (χ2n) is 7.45. The number of para-hydroxylation sites is 2. The maximum absolute atomic E-state index is 2.64. The van der Waals surface area contributed by atoms with E-state index in [1.807, 2.05) is 0 Å². The normalized spacial score (nSPS) is 17.2. The molecule has 1 fully saturated rings. The molecule has 1 unspecified atom stereocenters. The molecule has 1 atom stereocenters. The van der Waals surface area contributed by atoms with Crippen LogP contribution in [0.1, 0.15) is 56.9 Å². The lowest BCUT2D eigenvalue weighted by molar-refractivity contribution is 0.767. The Labute approximate surface area is 159 Å². The van der Waals surface area contributed by atoms with Crippen molar-refractivity contribution in [3.05, 3.63) is 58.7 Å². The number of hydrogen-bond donors (Lipinski definition) is 0. The molecule has 2 heteroatoms. The highest BCUT2D eigenvalue weighted by molar-refractivity contribution is 5.67. The summed E-state index contributed by atoms with van der Waals surface area (Å²) in [6.45, 7) is 13.6. The first-order valence-electron chi connectivity index (χ1n) is 10.4. The molecule has 0 N–H and O–H groups in total. The predicted molar refractivity (Wildman–Crippen MR) is 115 cm³/mol. The molecule has 1 heterocycles. The molecule has 0 amide bonds. The van der Waals surface area contributed by atoms with Gasteiger partial charge >= 0.3 is 0 Å². The molecule has 140 valence electrons. The van der Waals surface area contributed by atoms with Crippen LogP contribution in [0.2, 0.25) is 0 Å². The van der Waals surface area contributed by atoms with Gasteiger partial charge in [0, 0.05) is 24.0 Å². The lowest BCUT2D eigenvalue weighted by Gasteiger charge is -2.29. The van der Waals surface area contributed by atoms with Crippen molar-refractivity contribution in [2.24, 2.45) is 0 Å². The largest absolute Gasteiger partial charge is 0.351 e. The van der Waals surface area contributed by atoms with Crippen LogP contribution in [0.15, 0.2) is 36.4 Å². The molecular weight excluding hydrogens is 316 g/mol. The van der Waals surface area contributed by atoms with Crippen molar-refractivity contribution in [3.8, 4) is 0 Å². The molecule has 0 saturated carbocycles. The van der Waals surface area contributed by atoms with Gasteiger partial charge in [-0.25, -0.2) is 0 Å². The first-order chi connectivity index (χ1) is 12.6. The lowest BCUT2D eigenvalue weighted by atomic mass is 10.0. The smallest absolute Gasteiger partial charge is 0.0907 e. The minimum atomic E-state index is 0.530. The first-order valence-corrected chi connectivity index (χ1v) is 10.4. The molecule has 0 bridgehead atoms. The van der Waals surface area contributed by atoms with E-state index >= 15 is 0 Å². The van der Waals surface area contributed by atoms with E-state index in [0.717, 1.165) is 38.9 Å². The van der Waals surface area contributed by atoms with Crippen molar-refractivity contribution < 1.29 is 0 Å². The molecule has 0 spiro atoms. The molecule has 0 aromatic heterocycles. The molecule has 0 radical (unpaired) electrons. The van der Waals surface area contributed by atoms with E-state index < -0.39 is 0 Å². The van der Waals surface area contributed by atoms with Gasteiger partial charge in [0.15, 0.2) is 0 Å². The molecule has 3 rings (SSSR count). The van der Waals surface area contributed by atoms with Gasteiger partial charge in [0.05, 0.1) is 6.67 Å². The summed E-state index contributed by atoms with van der Waals surface area (Å²) in [5, 5.41) is 0. The Balaban J connectivity index is 2.00. The molecule has 0 aliphatic carbocycles. The van der Waals surface area contributed by atoms with Crippen LogP contribution in [0.3, 0.4) is 0 Å². The monoisotopic (exact) mass is 350 g/mol. The Bertz CT molecular complexity index is 705. The van der Waals surface area contributed by atoms with Crippen molar-refractivity contribution in [2.75, 3.05) is 23.0 Å². The molecule has 2 nitrogen and oxygen atoms in total. The minimum Gasteiger partial charge on any atom is -0.351 e. The van der Waals surface area contributed by atoms with Crippen LogP contribution in [0.4, 0.5) is 11.4 Å². The van der Waals surface area contributed by atoms with Crippen LogP contribution in [-0.2, 0) is 25.7 Å². The van der Waals surface area contributed by atoms with Gasteiger partial charge in [0.2, 0.25) is 0 Å². The van der Waals surface area contributed by atoms with E-state index in [1.54, 1.807) is 0 Å². The fraction of sp³-hybridized carbons (Fsp3) is 0.500. The summed E-state index contributed by atoms with van der Waals surface area (Å²) in [5.74, 6) is 0. The van der Waals surface area contributed by atoms with Crippen LogP contribution in [0.5, 0.6) is 0 Å². The SMILES string of the molecule is CCc1cccc(CC)c1N1CC(C)N(c2c(CC)cccc2CC)C1. The zero-order chi connectivity index (χ0) is 18.7. The Morgan fingerprint density at radius 1 is 0.731 bits per heavy atom. The standard InChI is InChI=1S/C24H34N2/c1-6-19-12-10-13-20(7-2)23(19)25-16-18(5)26(17-25)24-21(8-3)14-11-15-22(24)9-4/h10-15,18H,6-9,16-17H2,1-5H3. The van der Waals surface area contributed by atoms with Crippen LogP contribution >= 0.6 is 0 Å². The van der Waals surface area contributed by atoms with E-state index in [2.05, 4.69) is 80.8 Å². The fourth-order valence-corrected chi connectivity index (χ4v) is 4.46. The number of rotatable bonds is 6. The Morgan fingerprint density at radius 3 is 1.58 bits per heavy atom. The average Bonchev–Trinajstić information content (AvgIpc) is 3.07. The van der Waals surface area contributed by atoms with E-state index in [9.17, 15) is 0 Å². The molecule has 26 heavy (non-hydrogen) atoms. The maximum atomic E-state index is 2.64. The van der Waals surface area contributed by atoms with Gasteiger partial charge in [-0.2, -0.15) is 0 Å². The van der Waals surface area contributed by atoms with Crippen molar-refractivity contribution >= 4 is 11.4 Å². The van der Waals surface area contributed by atoms with Crippen LogP contribution in [-0.4, -0.2) is 19.3 Å². The van der Waals surface area contributed by atoms with Crippen molar-refractivity contribution in [3.63, 3.8) is 0 Å². The van der Waals surface area contributed by atoms with Crippen LogP contribution in [0, 0.1) is 0 Å². The average molecular weight is 351 g/mol. The van der Waals surface area contributed by atoms with Gasteiger partial charge in [-0.05, 0) is 54.9 Å². The summed E-state index contributed by atoms with van der Waals surface area (Å²) in [6.07, 6.45) is 4.38. The second kappa shape index (κ2) is 8.16. The third-order valence-corrected chi connectivity index (χ3v) is 5.87. The minimum absolute atomic E-state index is 0.530. The Hall–Kier alpha value is -1.96. The third kappa shape index (κ3) is 3.34. The topological polar surface area (TPSA) is 6.48 Å². The molecule has 2 aromatic rings. The summed E-state index contributed by atoms with van der Waals surface area (Å²) in [6, 6.07) is 14.2. The van der Waals surface area contributed by atoms with E-state index in [4.69, 9.17) is 0 Å². The zero-order valence-electron chi connectivity index (χ0n) is 17.2. The highest BCUT2D eigenvalue weighted by Crippen LogP contribution is 2.35. The number of benzene rings is 2. The Morgan fingerprint density at radius 2 is 1.15 bits per heavy atom. The number of nitrogens with zero attached hydrogens (tertiary/aromatic N) is 2. The summed E-state index contributed by atoms with van der Waals surface area (Å²) in [4.78, 5) is 5.26. The second-order valence-corrected chi connectivity index (χ2v) is 7.45. The number of anilines is 2. The highest BCUT2D eigenvalue weighted by Gasteiger charge is 2.31. The van der Waals surface area contributed by atoms with Gasteiger partial charge < -0.3 is 9.80 Å². The van der Waals surface area contributed by atoms with Gasteiger partial charge in [-0.15, -0.1) is 0 Å². The summed E-state index contributed by atoms with van der Waals surface area (Å²) >= 11 is 0. The van der Waals surface area contributed by atoms with Gasteiger partial charge in [-0.1, -0.05) is 64.1 Å². The van der Waals surface area contributed by atoms with E-state index in [-0.39, 0.29) is 0 Å². The van der Waals surface area contributed by atoms with Crippen molar-refractivity contribution in [1.82, 2.24) is 0 Å². The lowest BCUT2D eigenvalue weighted by Crippen LogP contribution is -2.30. The van der Waals surface area contributed by atoms with E-state index in [1.165, 1.54) is 33.6 Å². The summed E-state index contributed by atoms with van der Waals surface area (Å²) in [7, 11) is 0. The van der Waals surface area contributed by atoms with Gasteiger partial charge in [-0.3, -0.25) is 0 Å². The molecule has 1 aliphatic heterocycles. The molecule has 2 aromatic carbocycles. The summed E-state index contributed by atoms with van der Waals surface area (Å²) < 4.78 is 0. The molecular formula is C24H34N2. The van der Waals surface area contributed by atoms with Gasteiger partial charge in [0.25, 0.3) is 0 Å². The fourth-order valence-electron chi connectivity index (χ4n) is 4.46. The molecule has 1 aliphatic rings. The number of aryl methyl sites for hydroxylation is 4. The van der Waals surface area contributed by atoms with Crippen LogP contribution < -0.4 is 9.80 Å². The Kier molecular flexibility index (Phi) is 5.90. The third-order valence-electron chi connectivity index (χ3n) is 5.87. The first kappa shape index (κ1) is 18.8. The predicted octanol–water partition coefficient (Wildman–Crippen LogP) is 5.61. The maximum Gasteiger partial charge on any atom is 0.0907 e. The van der Waals surface area contributed by atoms with E-state index in [0.29, 0.717) is 6.04 Å². The summed E-state index contributed by atoms with van der Waals surface area (Å²) in [5.41, 5.74) is 8.91. The van der Waals surface area contributed by atoms with Gasteiger partial charge in [0.1, 0.15) is 0 Å². The quantitative estimate of drug-likeness (QED) is 0.668. The van der Waals surface area contributed by atoms with Crippen molar-refractivity contribution in [2.45, 2.75) is 66.3 Å². The molecule has 1 saturated heterocycles. The van der Waals surface area contributed by atoms with Crippen LogP contribution in [0.25, 0.3) is 0 Å². The number of hydrogen-bond acceptors (Lipinski definition) is 2. The van der Waals surface area contributed by atoms with Crippen molar-refractivity contribution in [1.29, 1.82) is 0 Å². The highest BCUT2D eigenvalue weighted by atomic mass is 15.4. The zero-order valence-corrected chi connectivity index (χ0v) is 17.2.